The van der Waals surface area contributed by atoms with E-state index < -0.39 is 0 Å². The van der Waals surface area contributed by atoms with Crippen molar-refractivity contribution in [2.45, 2.75) is 45.3 Å². The van der Waals surface area contributed by atoms with Crippen molar-refractivity contribution in [1.29, 1.82) is 0 Å². The van der Waals surface area contributed by atoms with Crippen LogP contribution in [-0.4, -0.2) is 19.2 Å². The first-order valence-corrected chi connectivity index (χ1v) is 7.61. The Balaban J connectivity index is 1.47. The highest BCUT2D eigenvalue weighted by molar-refractivity contribution is 5.13. The Hall–Kier alpha value is -0.860. The van der Waals surface area contributed by atoms with Gasteiger partial charge < -0.3 is 10.1 Å². The molecule has 2 heteroatoms. The molecule has 19 heavy (non-hydrogen) atoms. The van der Waals surface area contributed by atoms with Crippen LogP contribution in [0, 0.1) is 11.3 Å². The summed E-state index contributed by atoms with van der Waals surface area (Å²) >= 11 is 0. The fourth-order valence-electron chi connectivity index (χ4n) is 2.73. The minimum absolute atomic E-state index is 0.331. The normalized spacial score (nSPS) is 22.2. The van der Waals surface area contributed by atoms with E-state index in [1.165, 1.54) is 31.2 Å². The van der Waals surface area contributed by atoms with Gasteiger partial charge in [0.05, 0.1) is 13.2 Å². The average molecular weight is 259 g/mol. The number of hydrogen-bond acceptors (Lipinski definition) is 2. The van der Waals surface area contributed by atoms with Gasteiger partial charge in [-0.3, -0.25) is 0 Å². The van der Waals surface area contributed by atoms with Crippen LogP contribution in [0.2, 0.25) is 0 Å². The van der Waals surface area contributed by atoms with Crippen LogP contribution in [0.5, 0.6) is 0 Å². The summed E-state index contributed by atoms with van der Waals surface area (Å²) in [6, 6.07) is 11.3. The van der Waals surface area contributed by atoms with E-state index in [-0.39, 0.29) is 0 Å². The molecule has 2 aliphatic rings. The van der Waals surface area contributed by atoms with E-state index in [1.54, 1.807) is 0 Å². The third-order valence-electron chi connectivity index (χ3n) is 4.48. The first-order valence-electron chi connectivity index (χ1n) is 7.61. The van der Waals surface area contributed by atoms with Gasteiger partial charge >= 0.3 is 0 Å². The molecular formula is C17H25NO. The van der Waals surface area contributed by atoms with Crippen molar-refractivity contribution >= 4 is 0 Å². The quantitative estimate of drug-likeness (QED) is 0.773. The van der Waals surface area contributed by atoms with Crippen LogP contribution in [0.25, 0.3) is 0 Å². The van der Waals surface area contributed by atoms with Gasteiger partial charge in [-0.05, 0) is 37.2 Å². The zero-order valence-electron chi connectivity index (χ0n) is 11.9. The van der Waals surface area contributed by atoms with Crippen LogP contribution in [0.4, 0.5) is 0 Å². The summed E-state index contributed by atoms with van der Waals surface area (Å²) in [5, 5.41) is 3.69. The summed E-state index contributed by atoms with van der Waals surface area (Å²) in [5.41, 5.74) is 1.60. The topological polar surface area (TPSA) is 21.3 Å². The first kappa shape index (κ1) is 13.1. The lowest BCUT2D eigenvalue weighted by Crippen LogP contribution is -2.38. The molecule has 0 radical (unpaired) electrons. The van der Waals surface area contributed by atoms with E-state index in [0.717, 1.165) is 31.7 Å². The molecule has 0 heterocycles. The molecule has 0 aliphatic heterocycles. The van der Waals surface area contributed by atoms with Gasteiger partial charge in [-0.1, -0.05) is 37.3 Å². The third kappa shape index (κ3) is 3.80. The molecule has 0 saturated heterocycles. The van der Waals surface area contributed by atoms with Crippen LogP contribution in [0.1, 0.15) is 38.2 Å². The Labute approximate surface area is 116 Å². The minimum atomic E-state index is 0.331. The fraction of sp³-hybridized carbons (Fsp3) is 0.647. The van der Waals surface area contributed by atoms with Crippen LogP contribution in [0.15, 0.2) is 30.3 Å². The molecule has 0 amide bonds. The summed E-state index contributed by atoms with van der Waals surface area (Å²) < 4.78 is 6.00. The lowest BCUT2D eigenvalue weighted by molar-refractivity contribution is 0.0302. The van der Waals surface area contributed by atoms with Crippen molar-refractivity contribution in [2.24, 2.45) is 11.3 Å². The predicted octanol–water partition coefficient (Wildman–Crippen LogP) is 3.37. The number of rotatable bonds is 8. The standard InChI is InChI=1S/C17H25NO/c1-17(15-7-8-15,12-18-16-9-10-16)13-19-11-14-5-3-2-4-6-14/h2-6,15-16,18H,7-13H2,1H3. The smallest absolute Gasteiger partial charge is 0.0717 e. The Morgan fingerprint density at radius 3 is 2.53 bits per heavy atom. The molecule has 2 aliphatic carbocycles. The highest BCUT2D eigenvalue weighted by Gasteiger charge is 2.42. The molecule has 2 nitrogen and oxygen atoms in total. The monoisotopic (exact) mass is 259 g/mol. The van der Waals surface area contributed by atoms with Crippen molar-refractivity contribution in [3.8, 4) is 0 Å². The fourth-order valence-corrected chi connectivity index (χ4v) is 2.73. The van der Waals surface area contributed by atoms with Crippen LogP contribution >= 0.6 is 0 Å². The van der Waals surface area contributed by atoms with Gasteiger partial charge in [-0.25, -0.2) is 0 Å². The molecule has 2 fully saturated rings. The van der Waals surface area contributed by atoms with Crippen molar-refractivity contribution < 1.29 is 4.74 Å². The second-order valence-corrected chi connectivity index (χ2v) is 6.56. The van der Waals surface area contributed by atoms with Crippen molar-refractivity contribution in [1.82, 2.24) is 5.32 Å². The molecule has 104 valence electrons. The van der Waals surface area contributed by atoms with E-state index in [0.29, 0.717) is 5.41 Å². The van der Waals surface area contributed by atoms with E-state index >= 15 is 0 Å². The van der Waals surface area contributed by atoms with Gasteiger partial charge in [0.2, 0.25) is 0 Å². The molecule has 1 aromatic rings. The Kier molecular flexibility index (Phi) is 3.90. The molecular weight excluding hydrogens is 234 g/mol. The van der Waals surface area contributed by atoms with Crippen molar-refractivity contribution in [2.75, 3.05) is 13.2 Å². The predicted molar refractivity (Wildman–Crippen MR) is 78.0 cm³/mol. The highest BCUT2D eigenvalue weighted by atomic mass is 16.5. The second-order valence-electron chi connectivity index (χ2n) is 6.56. The maximum Gasteiger partial charge on any atom is 0.0717 e. The van der Waals surface area contributed by atoms with Gasteiger partial charge in [0.15, 0.2) is 0 Å². The summed E-state index contributed by atoms with van der Waals surface area (Å²) in [7, 11) is 0. The van der Waals surface area contributed by atoms with E-state index in [2.05, 4.69) is 42.6 Å². The van der Waals surface area contributed by atoms with Crippen LogP contribution in [-0.2, 0) is 11.3 Å². The Morgan fingerprint density at radius 2 is 1.89 bits per heavy atom. The minimum Gasteiger partial charge on any atom is -0.376 e. The largest absolute Gasteiger partial charge is 0.376 e. The van der Waals surface area contributed by atoms with Gasteiger partial charge in [0, 0.05) is 18.0 Å². The zero-order chi connectivity index (χ0) is 13.1. The molecule has 2 saturated carbocycles. The number of benzene rings is 1. The summed E-state index contributed by atoms with van der Waals surface area (Å²) in [6.45, 7) is 5.14. The second kappa shape index (κ2) is 5.64. The highest BCUT2D eigenvalue weighted by Crippen LogP contribution is 2.45. The molecule has 1 unspecified atom stereocenters. The van der Waals surface area contributed by atoms with Gasteiger partial charge in [-0.15, -0.1) is 0 Å². The average Bonchev–Trinajstić information content (AvgIpc) is 3.31. The van der Waals surface area contributed by atoms with E-state index in [9.17, 15) is 0 Å². The Morgan fingerprint density at radius 1 is 1.16 bits per heavy atom. The molecule has 1 N–H and O–H groups in total. The summed E-state index contributed by atoms with van der Waals surface area (Å²) in [5.74, 6) is 0.870. The maximum absolute atomic E-state index is 6.00. The number of nitrogens with one attached hydrogen (secondary N) is 1. The van der Waals surface area contributed by atoms with Gasteiger partial charge in [-0.2, -0.15) is 0 Å². The van der Waals surface area contributed by atoms with Gasteiger partial charge in [0.1, 0.15) is 0 Å². The third-order valence-corrected chi connectivity index (χ3v) is 4.48. The number of ether oxygens (including phenoxy) is 1. The lowest BCUT2D eigenvalue weighted by Gasteiger charge is -2.30. The molecule has 0 spiro atoms. The molecule has 3 rings (SSSR count). The Bertz CT molecular complexity index is 397. The molecule has 1 atom stereocenters. The van der Waals surface area contributed by atoms with E-state index in [1.807, 2.05) is 0 Å². The maximum atomic E-state index is 6.00. The van der Waals surface area contributed by atoms with Crippen LogP contribution < -0.4 is 5.32 Å². The van der Waals surface area contributed by atoms with Crippen molar-refractivity contribution in [3.05, 3.63) is 35.9 Å². The van der Waals surface area contributed by atoms with E-state index in [4.69, 9.17) is 4.74 Å². The zero-order valence-corrected chi connectivity index (χ0v) is 11.9. The van der Waals surface area contributed by atoms with Crippen LogP contribution in [0.3, 0.4) is 0 Å². The molecule has 0 aromatic heterocycles. The van der Waals surface area contributed by atoms with Gasteiger partial charge in [0.25, 0.3) is 0 Å². The number of hydrogen-bond donors (Lipinski definition) is 1. The lowest BCUT2D eigenvalue weighted by atomic mass is 9.85. The SMILES string of the molecule is CC(CNC1CC1)(COCc1ccccc1)C1CC1. The molecule has 1 aromatic carbocycles. The summed E-state index contributed by atoms with van der Waals surface area (Å²) in [6.07, 6.45) is 5.51. The summed E-state index contributed by atoms with van der Waals surface area (Å²) in [4.78, 5) is 0. The first-order chi connectivity index (χ1) is 9.26. The van der Waals surface area contributed by atoms with Crippen molar-refractivity contribution in [3.63, 3.8) is 0 Å². The molecule has 0 bridgehead atoms.